The standard InChI is InChI=1S/C14H22Br2N2O/c1-9-5-3-4-6-11(9)18(2)12(8-17)13-7-10(15)14(16)19-13/h7,9,11-12H,3-6,8,17H2,1-2H3. The van der Waals surface area contributed by atoms with Gasteiger partial charge in [-0.15, -0.1) is 0 Å². The molecule has 2 N–H and O–H groups in total. The van der Waals surface area contributed by atoms with Crippen LogP contribution in [0.3, 0.4) is 0 Å². The maximum Gasteiger partial charge on any atom is 0.183 e. The minimum Gasteiger partial charge on any atom is -0.451 e. The van der Waals surface area contributed by atoms with Gasteiger partial charge in [0.2, 0.25) is 0 Å². The second kappa shape index (κ2) is 6.74. The van der Waals surface area contributed by atoms with Gasteiger partial charge in [-0.25, -0.2) is 0 Å². The van der Waals surface area contributed by atoms with Crippen LogP contribution in [0.4, 0.5) is 0 Å². The summed E-state index contributed by atoms with van der Waals surface area (Å²) in [5.41, 5.74) is 5.98. The highest BCUT2D eigenvalue weighted by atomic mass is 79.9. The topological polar surface area (TPSA) is 42.4 Å². The molecule has 1 aromatic heterocycles. The maximum absolute atomic E-state index is 5.98. The summed E-state index contributed by atoms with van der Waals surface area (Å²) < 4.78 is 7.45. The summed E-state index contributed by atoms with van der Waals surface area (Å²) >= 11 is 6.87. The fraction of sp³-hybridized carbons (Fsp3) is 0.714. The lowest BCUT2D eigenvalue weighted by molar-refractivity contribution is 0.0886. The Bertz CT molecular complexity index is 402. The van der Waals surface area contributed by atoms with Crippen molar-refractivity contribution in [2.45, 2.75) is 44.7 Å². The Kier molecular flexibility index (Phi) is 5.52. The van der Waals surface area contributed by atoms with Crippen LogP contribution >= 0.6 is 31.9 Å². The number of furan rings is 1. The van der Waals surface area contributed by atoms with Crippen LogP contribution in [-0.4, -0.2) is 24.5 Å². The third-order valence-electron chi connectivity index (χ3n) is 4.30. The van der Waals surface area contributed by atoms with Crippen LogP contribution in [0.5, 0.6) is 0 Å². The second-order valence-corrected chi connectivity index (χ2v) is 7.09. The fourth-order valence-corrected chi connectivity index (χ4v) is 3.75. The first kappa shape index (κ1) is 15.5. The smallest absolute Gasteiger partial charge is 0.183 e. The van der Waals surface area contributed by atoms with Crippen molar-refractivity contribution < 1.29 is 4.42 Å². The molecule has 3 unspecified atom stereocenters. The lowest BCUT2D eigenvalue weighted by Crippen LogP contribution is -2.43. The summed E-state index contributed by atoms with van der Waals surface area (Å²) in [6.45, 7) is 2.92. The zero-order chi connectivity index (χ0) is 14.0. The lowest BCUT2D eigenvalue weighted by atomic mass is 9.84. The van der Waals surface area contributed by atoms with Gasteiger partial charge in [-0.2, -0.15) is 0 Å². The molecule has 0 saturated heterocycles. The van der Waals surface area contributed by atoms with Gasteiger partial charge in [-0.1, -0.05) is 19.8 Å². The Morgan fingerprint density at radius 3 is 2.63 bits per heavy atom. The quantitative estimate of drug-likeness (QED) is 0.828. The van der Waals surface area contributed by atoms with E-state index >= 15 is 0 Å². The molecule has 0 bridgehead atoms. The van der Waals surface area contributed by atoms with Crippen molar-refractivity contribution in [1.29, 1.82) is 0 Å². The number of likely N-dealkylation sites (N-methyl/N-ethyl adjacent to an activating group) is 1. The third-order valence-corrected chi connectivity index (χ3v) is 6.01. The van der Waals surface area contributed by atoms with Crippen LogP contribution in [0.2, 0.25) is 0 Å². The molecule has 2 rings (SSSR count). The molecule has 0 aromatic carbocycles. The highest BCUT2D eigenvalue weighted by Crippen LogP contribution is 2.35. The van der Waals surface area contributed by atoms with Gasteiger partial charge >= 0.3 is 0 Å². The Balaban J connectivity index is 2.16. The van der Waals surface area contributed by atoms with Gasteiger partial charge in [0.15, 0.2) is 4.67 Å². The molecule has 108 valence electrons. The van der Waals surface area contributed by atoms with E-state index in [2.05, 4.69) is 50.7 Å². The highest BCUT2D eigenvalue weighted by molar-refractivity contribution is 9.13. The van der Waals surface area contributed by atoms with Gasteiger partial charge in [0.1, 0.15) is 5.76 Å². The van der Waals surface area contributed by atoms with Crippen molar-refractivity contribution in [1.82, 2.24) is 4.90 Å². The predicted molar refractivity (Wildman–Crippen MR) is 85.1 cm³/mol. The fourth-order valence-electron chi connectivity index (χ4n) is 3.14. The van der Waals surface area contributed by atoms with Crippen LogP contribution in [-0.2, 0) is 0 Å². The van der Waals surface area contributed by atoms with E-state index < -0.39 is 0 Å². The minimum absolute atomic E-state index is 0.146. The number of nitrogens with two attached hydrogens (primary N) is 1. The Morgan fingerprint density at radius 1 is 1.42 bits per heavy atom. The number of halogens is 2. The first-order valence-electron chi connectivity index (χ1n) is 6.91. The van der Waals surface area contributed by atoms with Gasteiger partial charge in [0.25, 0.3) is 0 Å². The van der Waals surface area contributed by atoms with Crippen LogP contribution < -0.4 is 5.73 Å². The van der Waals surface area contributed by atoms with E-state index in [4.69, 9.17) is 10.2 Å². The molecule has 1 aliphatic carbocycles. The molecule has 1 aliphatic rings. The molecule has 1 heterocycles. The zero-order valence-corrected chi connectivity index (χ0v) is 14.7. The summed E-state index contributed by atoms with van der Waals surface area (Å²) in [7, 11) is 2.17. The van der Waals surface area contributed by atoms with Crippen LogP contribution in [0, 0.1) is 5.92 Å². The van der Waals surface area contributed by atoms with Crippen molar-refractivity contribution >= 4 is 31.9 Å². The molecule has 3 nitrogen and oxygen atoms in total. The molecule has 5 heteroatoms. The Labute approximate surface area is 132 Å². The van der Waals surface area contributed by atoms with Crippen LogP contribution in [0.25, 0.3) is 0 Å². The largest absolute Gasteiger partial charge is 0.451 e. The zero-order valence-electron chi connectivity index (χ0n) is 11.5. The Morgan fingerprint density at radius 2 is 2.11 bits per heavy atom. The molecule has 0 aliphatic heterocycles. The number of hydrogen-bond donors (Lipinski definition) is 1. The van der Waals surface area contributed by atoms with E-state index in [1.807, 2.05) is 6.07 Å². The van der Waals surface area contributed by atoms with Gasteiger partial charge in [-0.3, -0.25) is 4.90 Å². The average Bonchev–Trinajstić information content (AvgIpc) is 2.70. The van der Waals surface area contributed by atoms with Crippen LogP contribution in [0.15, 0.2) is 19.6 Å². The first-order valence-corrected chi connectivity index (χ1v) is 8.50. The second-order valence-electron chi connectivity index (χ2n) is 5.52. The molecule has 0 amide bonds. The highest BCUT2D eigenvalue weighted by Gasteiger charge is 2.31. The van der Waals surface area contributed by atoms with Crippen molar-refractivity contribution in [2.24, 2.45) is 11.7 Å². The normalized spacial score (nSPS) is 25.8. The molecule has 1 saturated carbocycles. The van der Waals surface area contributed by atoms with E-state index in [-0.39, 0.29) is 6.04 Å². The third kappa shape index (κ3) is 3.43. The molecular formula is C14H22Br2N2O. The monoisotopic (exact) mass is 392 g/mol. The molecule has 3 atom stereocenters. The van der Waals surface area contributed by atoms with Crippen molar-refractivity contribution in [3.63, 3.8) is 0 Å². The molecule has 1 aromatic rings. The SMILES string of the molecule is CC1CCCCC1N(C)C(CN)c1cc(Br)c(Br)o1. The number of hydrogen-bond acceptors (Lipinski definition) is 3. The predicted octanol–water partition coefficient (Wildman–Crippen LogP) is 4.31. The van der Waals surface area contributed by atoms with Crippen molar-refractivity contribution in [2.75, 3.05) is 13.6 Å². The number of rotatable bonds is 4. The summed E-state index contributed by atoms with van der Waals surface area (Å²) in [5.74, 6) is 1.66. The molecule has 0 spiro atoms. The lowest BCUT2D eigenvalue weighted by Gasteiger charge is -2.39. The van der Waals surface area contributed by atoms with E-state index in [1.54, 1.807) is 0 Å². The molecular weight excluding hydrogens is 372 g/mol. The molecule has 0 radical (unpaired) electrons. The van der Waals surface area contributed by atoms with E-state index in [0.717, 1.165) is 20.8 Å². The van der Waals surface area contributed by atoms with Gasteiger partial charge in [0.05, 0.1) is 10.5 Å². The van der Waals surface area contributed by atoms with Gasteiger partial charge < -0.3 is 10.2 Å². The molecule has 19 heavy (non-hydrogen) atoms. The summed E-state index contributed by atoms with van der Waals surface area (Å²) in [6, 6.07) is 2.77. The van der Waals surface area contributed by atoms with Gasteiger partial charge in [-0.05, 0) is 63.7 Å². The summed E-state index contributed by atoms with van der Waals surface area (Å²) in [6.07, 6.45) is 5.26. The Hall–Kier alpha value is 0.160. The van der Waals surface area contributed by atoms with Gasteiger partial charge in [0, 0.05) is 12.6 Å². The molecule has 1 fully saturated rings. The van der Waals surface area contributed by atoms with Crippen molar-refractivity contribution in [3.05, 3.63) is 21.0 Å². The van der Waals surface area contributed by atoms with E-state index in [1.165, 1.54) is 25.7 Å². The maximum atomic E-state index is 5.98. The minimum atomic E-state index is 0.146. The number of nitrogens with zero attached hydrogens (tertiary/aromatic N) is 1. The van der Waals surface area contributed by atoms with Crippen LogP contribution in [0.1, 0.15) is 44.4 Å². The van der Waals surface area contributed by atoms with E-state index in [9.17, 15) is 0 Å². The summed E-state index contributed by atoms with van der Waals surface area (Å²) in [4.78, 5) is 2.40. The average molecular weight is 394 g/mol. The van der Waals surface area contributed by atoms with Crippen molar-refractivity contribution in [3.8, 4) is 0 Å². The summed E-state index contributed by atoms with van der Waals surface area (Å²) in [5, 5.41) is 0. The first-order chi connectivity index (χ1) is 9.04. The van der Waals surface area contributed by atoms with E-state index in [0.29, 0.717) is 12.6 Å².